The molecule has 0 amide bonds. The van der Waals surface area contributed by atoms with Crippen molar-refractivity contribution in [3.05, 3.63) is 54.6 Å². The van der Waals surface area contributed by atoms with Crippen LogP contribution in [0, 0.1) is 0 Å². The van der Waals surface area contributed by atoms with Crippen LogP contribution in [0.15, 0.2) is 54.6 Å². The highest BCUT2D eigenvalue weighted by molar-refractivity contribution is 8.26. The van der Waals surface area contributed by atoms with Crippen molar-refractivity contribution in [1.29, 1.82) is 0 Å². The zero-order chi connectivity index (χ0) is 18.4. The van der Waals surface area contributed by atoms with Gasteiger partial charge in [-0.3, -0.25) is 9.11 Å². The third-order valence-electron chi connectivity index (χ3n) is 4.26. The molecule has 4 N–H and O–H groups in total. The number of aliphatic hydroxyl groups excluding tert-OH is 1. The SMILES string of the molecule is OCCCNCCCC1Oc2ccccc2N(c2ccccc2)S1(O)O. The Balaban J connectivity index is 1.78. The van der Waals surface area contributed by atoms with Gasteiger partial charge in [-0.15, -0.1) is 0 Å². The fraction of sp³-hybridized carbons (Fsp3) is 0.368. The van der Waals surface area contributed by atoms with Crippen LogP contribution in [0.5, 0.6) is 5.75 Å². The first kappa shape index (κ1) is 19.0. The van der Waals surface area contributed by atoms with Gasteiger partial charge in [-0.05, 0) is 50.2 Å². The monoisotopic (exact) mass is 378 g/mol. The predicted octanol–water partition coefficient (Wildman–Crippen LogP) is 3.96. The van der Waals surface area contributed by atoms with Gasteiger partial charge >= 0.3 is 0 Å². The Morgan fingerprint density at radius 3 is 2.42 bits per heavy atom. The number of fused-ring (bicyclic) bond motifs is 1. The van der Waals surface area contributed by atoms with E-state index in [1.807, 2.05) is 54.6 Å². The summed E-state index contributed by atoms with van der Waals surface area (Å²) >= 11 is 0. The fourth-order valence-electron chi connectivity index (χ4n) is 2.99. The minimum absolute atomic E-state index is 0.169. The standard InChI is InChI=1S/C19H26N2O4S/c22-15-7-14-20-13-6-12-19-25-18-11-5-4-10-17(18)21(26(19,23)24)16-8-2-1-3-9-16/h1-5,8-11,19-20,22-24H,6-7,12-15H2. The molecule has 26 heavy (non-hydrogen) atoms. The van der Waals surface area contributed by atoms with E-state index in [0.29, 0.717) is 24.3 Å². The predicted molar refractivity (Wildman–Crippen MR) is 106 cm³/mol. The average Bonchev–Trinajstić information content (AvgIpc) is 2.65. The second-order valence-electron chi connectivity index (χ2n) is 6.18. The van der Waals surface area contributed by atoms with E-state index in [2.05, 4.69) is 5.32 Å². The van der Waals surface area contributed by atoms with E-state index in [4.69, 9.17) is 9.84 Å². The van der Waals surface area contributed by atoms with Crippen LogP contribution in [0.4, 0.5) is 11.4 Å². The van der Waals surface area contributed by atoms with Crippen molar-refractivity contribution in [2.24, 2.45) is 0 Å². The summed E-state index contributed by atoms with van der Waals surface area (Å²) in [6.45, 7) is 1.65. The van der Waals surface area contributed by atoms with Crippen molar-refractivity contribution in [2.75, 3.05) is 24.0 Å². The molecule has 0 aromatic heterocycles. The van der Waals surface area contributed by atoms with Crippen molar-refractivity contribution >= 4 is 22.2 Å². The van der Waals surface area contributed by atoms with Crippen molar-refractivity contribution in [2.45, 2.75) is 24.7 Å². The molecular formula is C19H26N2O4S. The first-order valence-electron chi connectivity index (χ1n) is 8.84. The molecule has 0 bridgehead atoms. The lowest BCUT2D eigenvalue weighted by Crippen LogP contribution is -2.39. The largest absolute Gasteiger partial charge is 0.467 e. The Hall–Kier alpha value is -1.77. The third-order valence-corrected chi connectivity index (χ3v) is 6.24. The number of rotatable bonds is 8. The van der Waals surface area contributed by atoms with Crippen LogP contribution >= 0.6 is 10.8 Å². The third kappa shape index (κ3) is 4.13. The van der Waals surface area contributed by atoms with Gasteiger partial charge in [0.25, 0.3) is 0 Å². The molecule has 2 aromatic carbocycles. The summed E-state index contributed by atoms with van der Waals surface area (Å²) in [6, 6.07) is 16.8. The van der Waals surface area contributed by atoms with E-state index in [1.54, 1.807) is 4.31 Å². The lowest BCUT2D eigenvalue weighted by atomic mass is 10.2. The van der Waals surface area contributed by atoms with Crippen LogP contribution in [-0.4, -0.2) is 39.3 Å². The molecule has 0 radical (unpaired) electrons. The first-order valence-corrected chi connectivity index (χ1v) is 10.4. The normalized spacial score (nSPS) is 19.5. The molecule has 0 fully saturated rings. The van der Waals surface area contributed by atoms with Gasteiger partial charge in [0.15, 0.2) is 0 Å². The molecule has 0 spiro atoms. The average molecular weight is 378 g/mol. The smallest absolute Gasteiger partial charge is 0.206 e. The Bertz CT molecular complexity index is 699. The Morgan fingerprint density at radius 1 is 0.962 bits per heavy atom. The molecule has 0 aliphatic carbocycles. The molecule has 0 saturated heterocycles. The molecule has 1 unspecified atom stereocenters. The number of para-hydroxylation sites is 3. The highest BCUT2D eigenvalue weighted by atomic mass is 32.3. The van der Waals surface area contributed by atoms with Crippen molar-refractivity contribution < 1.29 is 18.9 Å². The van der Waals surface area contributed by atoms with E-state index >= 15 is 0 Å². The summed E-state index contributed by atoms with van der Waals surface area (Å²) in [5.41, 5.74) is 0.697. The molecule has 2 aromatic rings. The first-order chi connectivity index (χ1) is 12.6. The highest BCUT2D eigenvalue weighted by Gasteiger charge is 2.40. The lowest BCUT2D eigenvalue weighted by Gasteiger charge is -2.51. The summed E-state index contributed by atoms with van der Waals surface area (Å²) in [7, 11) is -3.18. The van der Waals surface area contributed by atoms with Crippen LogP contribution in [0.25, 0.3) is 0 Å². The lowest BCUT2D eigenvalue weighted by molar-refractivity contribution is 0.235. The van der Waals surface area contributed by atoms with Crippen molar-refractivity contribution in [1.82, 2.24) is 5.32 Å². The van der Waals surface area contributed by atoms with Gasteiger partial charge in [0, 0.05) is 13.0 Å². The summed E-state index contributed by atoms with van der Waals surface area (Å²) in [6.07, 6.45) is 1.98. The number of anilines is 2. The highest BCUT2D eigenvalue weighted by Crippen LogP contribution is 2.61. The molecule has 1 heterocycles. The molecule has 7 heteroatoms. The van der Waals surface area contributed by atoms with Gasteiger partial charge in [0.2, 0.25) is 5.44 Å². The van der Waals surface area contributed by atoms with Gasteiger partial charge in [-0.1, -0.05) is 41.1 Å². The second kappa shape index (κ2) is 8.75. The summed E-state index contributed by atoms with van der Waals surface area (Å²) in [5.74, 6) is 0.654. The topological polar surface area (TPSA) is 85.2 Å². The molecule has 142 valence electrons. The zero-order valence-electron chi connectivity index (χ0n) is 14.6. The van der Waals surface area contributed by atoms with Gasteiger partial charge in [-0.2, -0.15) is 0 Å². The Morgan fingerprint density at radius 2 is 1.65 bits per heavy atom. The molecule has 1 aliphatic rings. The van der Waals surface area contributed by atoms with Crippen LogP contribution in [0.3, 0.4) is 0 Å². The fourth-order valence-corrected chi connectivity index (χ4v) is 4.81. The summed E-state index contributed by atoms with van der Waals surface area (Å²) in [5, 5.41) is 12.0. The van der Waals surface area contributed by atoms with Gasteiger partial charge in [-0.25, -0.2) is 4.31 Å². The van der Waals surface area contributed by atoms with Gasteiger partial charge in [0.05, 0.1) is 5.69 Å². The number of hydrogen-bond acceptors (Lipinski definition) is 6. The van der Waals surface area contributed by atoms with Gasteiger partial charge in [0.1, 0.15) is 11.4 Å². The minimum atomic E-state index is -3.18. The zero-order valence-corrected chi connectivity index (χ0v) is 15.4. The molecule has 3 rings (SSSR count). The molecule has 6 nitrogen and oxygen atoms in total. The van der Waals surface area contributed by atoms with Crippen LogP contribution in [0.2, 0.25) is 0 Å². The number of nitrogens with one attached hydrogen (secondary N) is 1. The van der Waals surface area contributed by atoms with E-state index < -0.39 is 16.2 Å². The van der Waals surface area contributed by atoms with Gasteiger partial charge < -0.3 is 15.2 Å². The second-order valence-corrected chi connectivity index (χ2v) is 8.19. The number of nitrogens with zero attached hydrogens (tertiary/aromatic N) is 1. The van der Waals surface area contributed by atoms with E-state index in [0.717, 1.165) is 25.2 Å². The maximum Gasteiger partial charge on any atom is 0.206 e. The molecular weight excluding hydrogens is 352 g/mol. The number of hydrogen-bond donors (Lipinski definition) is 4. The molecule has 0 saturated carbocycles. The quantitative estimate of drug-likeness (QED) is 0.520. The van der Waals surface area contributed by atoms with E-state index in [-0.39, 0.29) is 6.61 Å². The minimum Gasteiger partial charge on any atom is -0.467 e. The van der Waals surface area contributed by atoms with Crippen LogP contribution in [0.1, 0.15) is 19.3 Å². The van der Waals surface area contributed by atoms with Crippen LogP contribution in [-0.2, 0) is 0 Å². The summed E-state index contributed by atoms with van der Waals surface area (Å²) in [4.78, 5) is 0. The number of benzene rings is 2. The molecule has 1 atom stereocenters. The molecule has 1 aliphatic heterocycles. The van der Waals surface area contributed by atoms with Crippen molar-refractivity contribution in [3.8, 4) is 5.75 Å². The maximum atomic E-state index is 11.0. The van der Waals surface area contributed by atoms with Crippen LogP contribution < -0.4 is 14.4 Å². The van der Waals surface area contributed by atoms with E-state index in [1.165, 1.54) is 0 Å². The Kier molecular flexibility index (Phi) is 6.39. The van der Waals surface area contributed by atoms with E-state index in [9.17, 15) is 9.11 Å². The number of ether oxygens (including phenoxy) is 1. The number of aliphatic hydroxyl groups is 1. The maximum absolute atomic E-state index is 11.0. The Labute approximate surface area is 155 Å². The van der Waals surface area contributed by atoms with Crippen molar-refractivity contribution in [3.63, 3.8) is 0 Å². The summed E-state index contributed by atoms with van der Waals surface area (Å²) < 4.78 is 29.6.